The summed E-state index contributed by atoms with van der Waals surface area (Å²) in [7, 11) is -3.07. The Kier molecular flexibility index (Phi) is 3.96. The van der Waals surface area contributed by atoms with Gasteiger partial charge >= 0.3 is 0 Å². The normalized spacial score (nSPS) is 18.1. The van der Waals surface area contributed by atoms with Gasteiger partial charge in [-0.2, -0.15) is 4.31 Å². The van der Waals surface area contributed by atoms with Gasteiger partial charge in [0.2, 0.25) is 10.0 Å². The maximum Gasteiger partial charge on any atom is 0.211 e. The third kappa shape index (κ3) is 3.02. The van der Waals surface area contributed by atoms with E-state index in [9.17, 15) is 8.42 Å². The van der Waals surface area contributed by atoms with Gasteiger partial charge in [0.25, 0.3) is 0 Å². The number of piperazine rings is 1. The molecule has 2 aromatic rings. The number of benzene rings is 1. The van der Waals surface area contributed by atoms with Crippen LogP contribution in [0.2, 0.25) is 0 Å². The van der Waals surface area contributed by atoms with Crippen molar-refractivity contribution < 1.29 is 8.42 Å². The average Bonchev–Trinajstić information content (AvgIpc) is 2.81. The van der Waals surface area contributed by atoms with Crippen LogP contribution in [0.5, 0.6) is 0 Å². The largest absolute Gasteiger partial charge is 0.317 e. The summed E-state index contributed by atoms with van der Waals surface area (Å²) >= 11 is 0. The Bertz CT molecular complexity index is 789. The number of sulfonamides is 1. The summed E-state index contributed by atoms with van der Waals surface area (Å²) in [5, 5.41) is 0. The molecule has 0 N–H and O–H groups in total. The van der Waals surface area contributed by atoms with E-state index in [2.05, 4.69) is 40.4 Å². The molecule has 0 aliphatic carbocycles. The highest BCUT2D eigenvalue weighted by Gasteiger charge is 2.23. The molecular formula is C15H22N4O2S. The van der Waals surface area contributed by atoms with Gasteiger partial charge < -0.3 is 4.57 Å². The van der Waals surface area contributed by atoms with Crippen LogP contribution in [0.4, 0.5) is 0 Å². The smallest absolute Gasteiger partial charge is 0.211 e. The molecule has 0 spiro atoms. The van der Waals surface area contributed by atoms with Gasteiger partial charge in [-0.05, 0) is 37.1 Å². The zero-order chi connectivity index (χ0) is 15.9. The summed E-state index contributed by atoms with van der Waals surface area (Å²) in [5.41, 5.74) is 4.65. The molecule has 1 saturated heterocycles. The summed E-state index contributed by atoms with van der Waals surface area (Å²) in [6.45, 7) is 7.56. The zero-order valence-corrected chi connectivity index (χ0v) is 14.1. The highest BCUT2D eigenvalue weighted by molar-refractivity contribution is 7.88. The molecule has 0 bridgehead atoms. The van der Waals surface area contributed by atoms with E-state index in [4.69, 9.17) is 0 Å². The Hall–Kier alpha value is -1.44. The summed E-state index contributed by atoms with van der Waals surface area (Å²) in [6, 6.07) is 4.28. The number of aromatic nitrogens is 2. The molecular weight excluding hydrogens is 300 g/mol. The Labute approximate surface area is 131 Å². The predicted molar refractivity (Wildman–Crippen MR) is 87.2 cm³/mol. The van der Waals surface area contributed by atoms with Crippen molar-refractivity contribution in [2.75, 3.05) is 32.4 Å². The van der Waals surface area contributed by atoms with Gasteiger partial charge in [-0.1, -0.05) is 0 Å². The quantitative estimate of drug-likeness (QED) is 0.852. The van der Waals surface area contributed by atoms with E-state index >= 15 is 0 Å². The summed E-state index contributed by atoms with van der Waals surface area (Å²) in [5.74, 6) is 0. The minimum atomic E-state index is -3.07. The number of nitrogens with zero attached hydrogens (tertiary/aromatic N) is 4. The van der Waals surface area contributed by atoms with Crippen molar-refractivity contribution in [1.82, 2.24) is 18.8 Å². The minimum Gasteiger partial charge on any atom is -0.317 e. The fraction of sp³-hybridized carbons (Fsp3) is 0.533. The summed E-state index contributed by atoms with van der Waals surface area (Å²) in [4.78, 5) is 6.73. The molecule has 0 radical (unpaired) electrons. The van der Waals surface area contributed by atoms with Crippen molar-refractivity contribution in [2.45, 2.75) is 20.5 Å². The fourth-order valence-electron chi connectivity index (χ4n) is 2.84. The number of hydrogen-bond acceptors (Lipinski definition) is 4. The maximum absolute atomic E-state index is 11.5. The minimum absolute atomic E-state index is 0.559. The van der Waals surface area contributed by atoms with Crippen molar-refractivity contribution in [2.24, 2.45) is 0 Å². The van der Waals surface area contributed by atoms with Crippen LogP contribution in [0.25, 0.3) is 11.0 Å². The lowest BCUT2D eigenvalue weighted by molar-refractivity contribution is 0.154. The van der Waals surface area contributed by atoms with Gasteiger partial charge in [-0.25, -0.2) is 13.4 Å². The molecule has 1 fully saturated rings. The molecule has 3 rings (SSSR count). The van der Waals surface area contributed by atoms with E-state index in [1.54, 1.807) is 4.31 Å². The third-order valence-electron chi connectivity index (χ3n) is 4.39. The first-order chi connectivity index (χ1) is 10.3. The first-order valence-electron chi connectivity index (χ1n) is 7.44. The molecule has 0 saturated carbocycles. The first kappa shape index (κ1) is 15.5. The van der Waals surface area contributed by atoms with E-state index in [-0.39, 0.29) is 0 Å². The van der Waals surface area contributed by atoms with Crippen molar-refractivity contribution >= 4 is 21.1 Å². The monoisotopic (exact) mass is 322 g/mol. The number of hydrogen-bond donors (Lipinski definition) is 0. The molecule has 22 heavy (non-hydrogen) atoms. The van der Waals surface area contributed by atoms with Crippen LogP contribution in [0.15, 0.2) is 18.5 Å². The Morgan fingerprint density at radius 2 is 1.73 bits per heavy atom. The first-order valence-corrected chi connectivity index (χ1v) is 9.29. The molecule has 0 atom stereocenters. The van der Waals surface area contributed by atoms with Crippen molar-refractivity contribution in [3.63, 3.8) is 0 Å². The van der Waals surface area contributed by atoms with Crippen LogP contribution >= 0.6 is 0 Å². The van der Waals surface area contributed by atoms with Crippen molar-refractivity contribution in [3.8, 4) is 0 Å². The van der Waals surface area contributed by atoms with Crippen LogP contribution in [-0.2, 0) is 16.7 Å². The molecule has 1 aromatic heterocycles. The standard InChI is InChI=1S/C15H22N4O2S/c1-12-8-14-15(9-13(12)2)18(10-16-14)11-17-4-6-19(7-5-17)22(3,20)21/h8-10H,4-7,11H2,1-3H3. The number of imidazole rings is 1. The van der Waals surface area contributed by atoms with E-state index in [1.165, 1.54) is 17.4 Å². The molecule has 1 aromatic carbocycles. The van der Waals surface area contributed by atoms with Gasteiger partial charge in [-0.3, -0.25) is 4.90 Å². The van der Waals surface area contributed by atoms with Crippen molar-refractivity contribution in [3.05, 3.63) is 29.6 Å². The van der Waals surface area contributed by atoms with Gasteiger partial charge in [0, 0.05) is 26.2 Å². The Morgan fingerprint density at radius 3 is 2.36 bits per heavy atom. The van der Waals surface area contributed by atoms with Crippen LogP contribution in [0.1, 0.15) is 11.1 Å². The molecule has 2 heterocycles. The van der Waals surface area contributed by atoms with Gasteiger partial charge in [0.1, 0.15) is 0 Å². The van der Waals surface area contributed by atoms with Gasteiger partial charge in [-0.15, -0.1) is 0 Å². The summed E-state index contributed by atoms with van der Waals surface area (Å²) < 4.78 is 26.8. The second-order valence-corrected chi connectivity index (χ2v) is 8.04. The molecule has 7 heteroatoms. The molecule has 6 nitrogen and oxygen atoms in total. The zero-order valence-electron chi connectivity index (χ0n) is 13.3. The maximum atomic E-state index is 11.5. The van der Waals surface area contributed by atoms with Crippen LogP contribution < -0.4 is 0 Å². The lowest BCUT2D eigenvalue weighted by Gasteiger charge is -2.33. The van der Waals surface area contributed by atoms with E-state index in [0.29, 0.717) is 13.1 Å². The van der Waals surface area contributed by atoms with E-state index in [1.807, 2.05) is 6.33 Å². The van der Waals surface area contributed by atoms with E-state index in [0.717, 1.165) is 30.8 Å². The molecule has 0 amide bonds. The third-order valence-corrected chi connectivity index (χ3v) is 5.69. The van der Waals surface area contributed by atoms with E-state index < -0.39 is 10.0 Å². The number of rotatable bonds is 3. The fourth-order valence-corrected chi connectivity index (χ4v) is 3.67. The van der Waals surface area contributed by atoms with Crippen LogP contribution in [0, 0.1) is 13.8 Å². The molecule has 120 valence electrons. The van der Waals surface area contributed by atoms with Gasteiger partial charge in [0.15, 0.2) is 0 Å². The predicted octanol–water partition coefficient (Wildman–Crippen LogP) is 1.19. The highest BCUT2D eigenvalue weighted by Crippen LogP contribution is 2.19. The van der Waals surface area contributed by atoms with Gasteiger partial charge in [0.05, 0.1) is 30.3 Å². The second-order valence-electron chi connectivity index (χ2n) is 6.06. The lowest BCUT2D eigenvalue weighted by atomic mass is 10.1. The number of aryl methyl sites for hydroxylation is 2. The van der Waals surface area contributed by atoms with Crippen LogP contribution in [-0.4, -0.2) is 59.6 Å². The Morgan fingerprint density at radius 1 is 1.09 bits per heavy atom. The lowest BCUT2D eigenvalue weighted by Crippen LogP contribution is -2.48. The van der Waals surface area contributed by atoms with Crippen LogP contribution in [0.3, 0.4) is 0 Å². The molecule has 0 unspecified atom stereocenters. The number of fused-ring (bicyclic) bond motifs is 1. The highest BCUT2D eigenvalue weighted by atomic mass is 32.2. The topological polar surface area (TPSA) is 58.4 Å². The Balaban J connectivity index is 1.74. The molecule has 1 aliphatic rings. The summed E-state index contributed by atoms with van der Waals surface area (Å²) in [6.07, 6.45) is 3.14. The molecule has 1 aliphatic heterocycles. The van der Waals surface area contributed by atoms with Crippen molar-refractivity contribution in [1.29, 1.82) is 0 Å². The second kappa shape index (κ2) is 5.64. The SMILES string of the molecule is Cc1cc2ncn(CN3CCN(S(C)(=O)=O)CC3)c2cc1C. The average molecular weight is 322 g/mol.